The summed E-state index contributed by atoms with van der Waals surface area (Å²) in [7, 11) is 0. The van der Waals surface area contributed by atoms with E-state index in [9.17, 15) is 9.59 Å². The summed E-state index contributed by atoms with van der Waals surface area (Å²) in [5, 5.41) is 2.73. The summed E-state index contributed by atoms with van der Waals surface area (Å²) < 4.78 is 5.16. The highest BCUT2D eigenvalue weighted by atomic mass is 16.3. The quantitative estimate of drug-likeness (QED) is 0.760. The molecule has 166 valence electrons. The first-order valence-corrected chi connectivity index (χ1v) is 11.1. The van der Waals surface area contributed by atoms with Crippen LogP contribution in [0.4, 0.5) is 5.82 Å². The van der Waals surface area contributed by atoms with Crippen LogP contribution in [0.5, 0.6) is 0 Å². The number of anilines is 1. The maximum Gasteiger partial charge on any atom is 0.255 e. The Hall–Kier alpha value is -2.87. The van der Waals surface area contributed by atoms with Crippen LogP contribution in [0.1, 0.15) is 29.0 Å². The number of piperazine rings is 1. The lowest BCUT2D eigenvalue weighted by molar-refractivity contribution is -0.132. The Balaban J connectivity index is 1.21. The van der Waals surface area contributed by atoms with E-state index in [-0.39, 0.29) is 18.4 Å². The predicted molar refractivity (Wildman–Crippen MR) is 118 cm³/mol. The Morgan fingerprint density at radius 1 is 1.16 bits per heavy atom. The number of hydrogen-bond acceptors (Lipinski definition) is 6. The van der Waals surface area contributed by atoms with E-state index >= 15 is 0 Å². The Morgan fingerprint density at radius 2 is 2.00 bits per heavy atom. The molecule has 1 atom stereocenters. The Morgan fingerprint density at radius 3 is 2.71 bits per heavy atom. The Labute approximate surface area is 183 Å². The van der Waals surface area contributed by atoms with Crippen molar-refractivity contribution in [3.63, 3.8) is 0 Å². The van der Waals surface area contributed by atoms with Crippen molar-refractivity contribution in [2.75, 3.05) is 57.3 Å². The van der Waals surface area contributed by atoms with Gasteiger partial charge in [-0.2, -0.15) is 0 Å². The van der Waals surface area contributed by atoms with Crippen molar-refractivity contribution in [1.29, 1.82) is 0 Å². The molecule has 31 heavy (non-hydrogen) atoms. The van der Waals surface area contributed by atoms with Crippen molar-refractivity contribution in [1.82, 2.24) is 20.1 Å². The van der Waals surface area contributed by atoms with Crippen molar-refractivity contribution >= 4 is 17.6 Å². The van der Waals surface area contributed by atoms with E-state index in [1.807, 2.05) is 23.2 Å². The molecule has 4 rings (SSSR count). The fourth-order valence-corrected chi connectivity index (χ4v) is 4.49. The molecule has 0 aliphatic carbocycles. The van der Waals surface area contributed by atoms with Gasteiger partial charge in [0, 0.05) is 52.0 Å². The highest BCUT2D eigenvalue weighted by Crippen LogP contribution is 2.20. The molecular formula is C23H31N5O3. The van der Waals surface area contributed by atoms with Crippen LogP contribution in [0.15, 0.2) is 41.1 Å². The summed E-state index contributed by atoms with van der Waals surface area (Å²) in [6.07, 6.45) is 5.48. The molecular weight excluding hydrogens is 394 g/mol. The van der Waals surface area contributed by atoms with Crippen molar-refractivity contribution in [2.24, 2.45) is 5.92 Å². The topological polar surface area (TPSA) is 81.9 Å². The Bertz CT molecular complexity index is 876. The average molecular weight is 426 g/mol. The molecule has 0 saturated carbocycles. The standard InChI is InChI=1S/C23H31N5O3/c1-18-20(7-14-31-18)23(30)25-15-22(29)28-9-4-5-19(17-28)16-26-10-12-27(13-11-26)21-6-2-3-8-24-21/h2-3,6-8,14,19H,4-5,9-13,15-17H2,1H3,(H,25,30). The first-order valence-electron chi connectivity index (χ1n) is 11.1. The normalized spacial score (nSPS) is 20.0. The van der Waals surface area contributed by atoms with E-state index in [4.69, 9.17) is 4.42 Å². The number of furan rings is 1. The van der Waals surface area contributed by atoms with Gasteiger partial charge in [0.1, 0.15) is 11.6 Å². The molecule has 2 aliphatic heterocycles. The third-order valence-electron chi connectivity index (χ3n) is 6.24. The highest BCUT2D eigenvalue weighted by molar-refractivity contribution is 5.97. The van der Waals surface area contributed by atoms with Gasteiger partial charge in [-0.05, 0) is 43.9 Å². The van der Waals surface area contributed by atoms with Gasteiger partial charge in [0.25, 0.3) is 5.91 Å². The number of carbonyl (C=O) groups excluding carboxylic acids is 2. The summed E-state index contributed by atoms with van der Waals surface area (Å²) in [6.45, 7) is 8.30. The van der Waals surface area contributed by atoms with Crippen LogP contribution in [0, 0.1) is 12.8 Å². The lowest BCUT2D eigenvalue weighted by atomic mass is 9.97. The van der Waals surface area contributed by atoms with E-state index < -0.39 is 0 Å². The minimum atomic E-state index is -0.265. The molecule has 2 amide bonds. The lowest BCUT2D eigenvalue weighted by Crippen LogP contribution is -2.51. The van der Waals surface area contributed by atoms with Crippen LogP contribution in [0.2, 0.25) is 0 Å². The van der Waals surface area contributed by atoms with E-state index in [1.165, 1.54) is 6.26 Å². The zero-order valence-corrected chi connectivity index (χ0v) is 18.1. The van der Waals surface area contributed by atoms with E-state index in [0.717, 1.165) is 64.5 Å². The molecule has 2 aromatic heterocycles. The molecule has 2 aliphatic rings. The maximum absolute atomic E-state index is 12.7. The summed E-state index contributed by atoms with van der Waals surface area (Å²) in [5.41, 5.74) is 0.481. The van der Waals surface area contributed by atoms with Gasteiger partial charge in [-0.15, -0.1) is 0 Å². The average Bonchev–Trinajstić information content (AvgIpc) is 3.24. The molecule has 1 N–H and O–H groups in total. The fraction of sp³-hybridized carbons (Fsp3) is 0.522. The molecule has 2 aromatic rings. The van der Waals surface area contributed by atoms with Crippen LogP contribution in [-0.2, 0) is 4.79 Å². The second-order valence-electron chi connectivity index (χ2n) is 8.40. The van der Waals surface area contributed by atoms with E-state index in [1.54, 1.807) is 13.0 Å². The number of carbonyl (C=O) groups is 2. The first kappa shape index (κ1) is 21.4. The molecule has 4 heterocycles. The summed E-state index contributed by atoms with van der Waals surface area (Å²) in [4.78, 5) is 36.1. The summed E-state index contributed by atoms with van der Waals surface area (Å²) >= 11 is 0. The van der Waals surface area contributed by atoms with Gasteiger partial charge >= 0.3 is 0 Å². The van der Waals surface area contributed by atoms with Gasteiger partial charge in [-0.1, -0.05) is 6.07 Å². The number of piperidine rings is 1. The zero-order chi connectivity index (χ0) is 21.6. The number of pyridine rings is 1. The lowest BCUT2D eigenvalue weighted by Gasteiger charge is -2.39. The van der Waals surface area contributed by atoms with Crippen LogP contribution in [0.25, 0.3) is 0 Å². The molecule has 2 saturated heterocycles. The molecule has 2 fully saturated rings. The molecule has 0 aromatic carbocycles. The number of aromatic nitrogens is 1. The Kier molecular flexibility index (Phi) is 6.86. The van der Waals surface area contributed by atoms with Gasteiger partial charge in [0.15, 0.2) is 0 Å². The minimum absolute atomic E-state index is 0.0147. The molecule has 0 bridgehead atoms. The van der Waals surface area contributed by atoms with Gasteiger partial charge in [-0.3, -0.25) is 14.5 Å². The number of amides is 2. The molecule has 1 unspecified atom stereocenters. The second-order valence-corrected chi connectivity index (χ2v) is 8.40. The highest BCUT2D eigenvalue weighted by Gasteiger charge is 2.27. The number of nitrogens with zero attached hydrogens (tertiary/aromatic N) is 4. The van der Waals surface area contributed by atoms with Crippen molar-refractivity contribution in [3.05, 3.63) is 48.0 Å². The van der Waals surface area contributed by atoms with Crippen LogP contribution in [-0.4, -0.2) is 79.0 Å². The number of nitrogens with one attached hydrogen (secondary N) is 1. The number of aryl methyl sites for hydroxylation is 1. The van der Waals surface area contributed by atoms with E-state index in [2.05, 4.69) is 26.2 Å². The van der Waals surface area contributed by atoms with Crippen LogP contribution >= 0.6 is 0 Å². The fourth-order valence-electron chi connectivity index (χ4n) is 4.49. The van der Waals surface area contributed by atoms with Crippen molar-refractivity contribution < 1.29 is 14.0 Å². The van der Waals surface area contributed by atoms with Crippen LogP contribution < -0.4 is 10.2 Å². The van der Waals surface area contributed by atoms with Crippen molar-refractivity contribution in [2.45, 2.75) is 19.8 Å². The molecule has 8 nitrogen and oxygen atoms in total. The van der Waals surface area contributed by atoms with Crippen molar-refractivity contribution in [3.8, 4) is 0 Å². The number of likely N-dealkylation sites (tertiary alicyclic amines) is 1. The SMILES string of the molecule is Cc1occc1C(=O)NCC(=O)N1CCCC(CN2CCN(c3ccccn3)CC2)C1. The predicted octanol–water partition coefficient (Wildman–Crippen LogP) is 1.77. The summed E-state index contributed by atoms with van der Waals surface area (Å²) in [5.74, 6) is 1.81. The molecule has 0 radical (unpaired) electrons. The monoisotopic (exact) mass is 425 g/mol. The smallest absolute Gasteiger partial charge is 0.255 e. The third-order valence-corrected chi connectivity index (χ3v) is 6.24. The first-order chi connectivity index (χ1) is 15.1. The molecule has 0 spiro atoms. The minimum Gasteiger partial charge on any atom is -0.469 e. The third kappa shape index (κ3) is 5.44. The largest absolute Gasteiger partial charge is 0.469 e. The molecule has 8 heteroatoms. The number of hydrogen-bond donors (Lipinski definition) is 1. The zero-order valence-electron chi connectivity index (χ0n) is 18.1. The van der Waals surface area contributed by atoms with E-state index in [0.29, 0.717) is 17.2 Å². The maximum atomic E-state index is 12.7. The van der Waals surface area contributed by atoms with Gasteiger partial charge in [-0.25, -0.2) is 4.98 Å². The van der Waals surface area contributed by atoms with Gasteiger partial charge in [0.2, 0.25) is 5.91 Å². The second kappa shape index (κ2) is 9.96. The van der Waals surface area contributed by atoms with Crippen LogP contribution in [0.3, 0.4) is 0 Å². The van der Waals surface area contributed by atoms with Gasteiger partial charge in [0.05, 0.1) is 18.4 Å². The number of rotatable bonds is 6. The van der Waals surface area contributed by atoms with Gasteiger partial charge < -0.3 is 19.5 Å². The summed E-state index contributed by atoms with van der Waals surface area (Å²) in [6, 6.07) is 7.66.